The second-order valence-electron chi connectivity index (χ2n) is 5.59. The zero-order chi connectivity index (χ0) is 18.8. The van der Waals surface area contributed by atoms with Crippen molar-refractivity contribution in [2.75, 3.05) is 11.9 Å². The molecule has 1 aliphatic heterocycles. The standard InChI is InChI=1S/C15H18F3NO6/c1-7(21)19-9-4-8(15(16,17)18)2-3-11(9)24-13-5-10(22)14(23)12(6-20)25-13/h2-4,10,12-14,20,22-23H,5-6H2,1H3,(H,19,21)/t10-,12-,13-,14-/m1/s1. The molecule has 4 N–H and O–H groups in total. The van der Waals surface area contributed by atoms with Gasteiger partial charge in [0.1, 0.15) is 18.0 Å². The predicted molar refractivity (Wildman–Crippen MR) is 78.8 cm³/mol. The summed E-state index contributed by atoms with van der Waals surface area (Å²) in [6, 6.07) is 2.51. The topological polar surface area (TPSA) is 108 Å². The molecule has 2 rings (SSSR count). The van der Waals surface area contributed by atoms with Crippen molar-refractivity contribution in [3.63, 3.8) is 0 Å². The molecule has 1 amide bonds. The molecular formula is C15H18F3NO6. The van der Waals surface area contributed by atoms with Gasteiger partial charge in [-0.1, -0.05) is 0 Å². The van der Waals surface area contributed by atoms with E-state index in [0.717, 1.165) is 19.1 Å². The van der Waals surface area contributed by atoms with Gasteiger partial charge in [0, 0.05) is 13.3 Å². The summed E-state index contributed by atoms with van der Waals surface area (Å²) >= 11 is 0. The molecule has 0 saturated carbocycles. The van der Waals surface area contributed by atoms with Crippen LogP contribution in [0.15, 0.2) is 18.2 Å². The van der Waals surface area contributed by atoms with Crippen LogP contribution in [0.1, 0.15) is 18.9 Å². The minimum Gasteiger partial charge on any atom is -0.463 e. The number of carbonyl (C=O) groups excluding carboxylic acids is 1. The van der Waals surface area contributed by atoms with E-state index in [1.165, 1.54) is 0 Å². The van der Waals surface area contributed by atoms with Crippen LogP contribution in [-0.2, 0) is 15.7 Å². The molecule has 1 fully saturated rings. The lowest BCUT2D eigenvalue weighted by molar-refractivity contribution is -0.229. The first-order chi connectivity index (χ1) is 11.6. The summed E-state index contributed by atoms with van der Waals surface area (Å²) < 4.78 is 49.1. The highest BCUT2D eigenvalue weighted by Gasteiger charge is 2.38. The van der Waals surface area contributed by atoms with Crippen LogP contribution in [0, 0.1) is 0 Å². The lowest BCUT2D eigenvalue weighted by atomic mass is 10.0. The summed E-state index contributed by atoms with van der Waals surface area (Å²) in [6.07, 6.45) is -9.55. The van der Waals surface area contributed by atoms with Gasteiger partial charge in [0.25, 0.3) is 0 Å². The van der Waals surface area contributed by atoms with Crippen molar-refractivity contribution in [3.8, 4) is 5.75 Å². The zero-order valence-electron chi connectivity index (χ0n) is 13.2. The number of alkyl halides is 3. The number of anilines is 1. The number of benzene rings is 1. The number of halogens is 3. The van der Waals surface area contributed by atoms with Crippen molar-refractivity contribution in [2.45, 2.75) is 44.1 Å². The summed E-state index contributed by atoms with van der Waals surface area (Å²) in [5.41, 5.74) is -1.19. The molecule has 140 valence electrons. The van der Waals surface area contributed by atoms with Crippen LogP contribution in [0.3, 0.4) is 0 Å². The second-order valence-corrected chi connectivity index (χ2v) is 5.59. The van der Waals surface area contributed by atoms with Gasteiger partial charge in [-0.15, -0.1) is 0 Å². The molecule has 1 aromatic rings. The highest BCUT2D eigenvalue weighted by atomic mass is 19.4. The molecule has 4 atom stereocenters. The molecule has 1 aromatic carbocycles. The van der Waals surface area contributed by atoms with Crippen LogP contribution in [-0.4, -0.2) is 52.4 Å². The Kier molecular flexibility index (Phi) is 5.88. The monoisotopic (exact) mass is 365 g/mol. The molecule has 25 heavy (non-hydrogen) atoms. The van der Waals surface area contributed by atoms with Crippen LogP contribution in [0.5, 0.6) is 5.75 Å². The lowest BCUT2D eigenvalue weighted by Gasteiger charge is -2.36. The zero-order valence-corrected chi connectivity index (χ0v) is 13.2. The van der Waals surface area contributed by atoms with Gasteiger partial charge in [-0.3, -0.25) is 4.79 Å². The van der Waals surface area contributed by atoms with Gasteiger partial charge >= 0.3 is 6.18 Å². The number of amides is 1. The van der Waals surface area contributed by atoms with Crippen LogP contribution in [0.2, 0.25) is 0 Å². The number of nitrogens with one attached hydrogen (secondary N) is 1. The van der Waals surface area contributed by atoms with Gasteiger partial charge in [0.2, 0.25) is 12.2 Å². The van der Waals surface area contributed by atoms with Crippen molar-refractivity contribution >= 4 is 11.6 Å². The fraction of sp³-hybridized carbons (Fsp3) is 0.533. The Balaban J connectivity index is 2.24. The van der Waals surface area contributed by atoms with Gasteiger partial charge < -0.3 is 30.1 Å². The lowest BCUT2D eigenvalue weighted by Crippen LogP contribution is -2.51. The van der Waals surface area contributed by atoms with E-state index in [0.29, 0.717) is 6.07 Å². The molecule has 0 spiro atoms. The predicted octanol–water partition coefficient (Wildman–Crippen LogP) is 0.872. The number of rotatable bonds is 4. The number of ether oxygens (including phenoxy) is 2. The van der Waals surface area contributed by atoms with E-state index >= 15 is 0 Å². The van der Waals surface area contributed by atoms with Crippen LogP contribution < -0.4 is 10.1 Å². The molecule has 0 radical (unpaired) electrons. The highest BCUT2D eigenvalue weighted by Crippen LogP contribution is 2.36. The number of aliphatic hydroxyl groups excluding tert-OH is 3. The fourth-order valence-corrected chi connectivity index (χ4v) is 2.38. The smallest absolute Gasteiger partial charge is 0.416 e. The fourth-order valence-electron chi connectivity index (χ4n) is 2.38. The largest absolute Gasteiger partial charge is 0.463 e. The maximum Gasteiger partial charge on any atom is 0.416 e. The first-order valence-electron chi connectivity index (χ1n) is 7.39. The average molecular weight is 365 g/mol. The highest BCUT2D eigenvalue weighted by molar-refractivity contribution is 5.90. The molecule has 10 heteroatoms. The van der Waals surface area contributed by atoms with Gasteiger partial charge in [0.15, 0.2) is 0 Å². The molecule has 0 aliphatic carbocycles. The van der Waals surface area contributed by atoms with Crippen molar-refractivity contribution in [3.05, 3.63) is 23.8 Å². The van der Waals surface area contributed by atoms with E-state index < -0.39 is 48.9 Å². The molecule has 0 bridgehead atoms. The Bertz CT molecular complexity index is 624. The van der Waals surface area contributed by atoms with Crippen LogP contribution in [0.25, 0.3) is 0 Å². The summed E-state index contributed by atoms with van der Waals surface area (Å²) in [6.45, 7) is 0.548. The maximum absolute atomic E-state index is 12.8. The second kappa shape index (κ2) is 7.56. The quantitative estimate of drug-likeness (QED) is 0.631. The molecule has 7 nitrogen and oxygen atoms in total. The number of carbonyl (C=O) groups is 1. The van der Waals surface area contributed by atoms with Crippen molar-refractivity contribution in [2.24, 2.45) is 0 Å². The first kappa shape index (κ1) is 19.4. The summed E-state index contributed by atoms with van der Waals surface area (Å²) in [7, 11) is 0. The average Bonchev–Trinajstić information content (AvgIpc) is 2.50. The number of hydrogen-bond donors (Lipinski definition) is 4. The third-order valence-electron chi connectivity index (χ3n) is 3.59. The van der Waals surface area contributed by atoms with E-state index in [1.807, 2.05) is 0 Å². The molecule has 1 saturated heterocycles. The van der Waals surface area contributed by atoms with Crippen LogP contribution in [0.4, 0.5) is 18.9 Å². The van der Waals surface area contributed by atoms with E-state index in [9.17, 15) is 28.2 Å². The summed E-state index contributed by atoms with van der Waals surface area (Å²) in [5.74, 6) is -0.703. The minimum atomic E-state index is -4.60. The normalized spacial score (nSPS) is 27.0. The third-order valence-corrected chi connectivity index (χ3v) is 3.59. The van der Waals surface area contributed by atoms with Gasteiger partial charge in [-0.25, -0.2) is 0 Å². The Labute approximate surface area is 141 Å². The maximum atomic E-state index is 12.8. The van der Waals surface area contributed by atoms with Crippen molar-refractivity contribution in [1.82, 2.24) is 0 Å². The van der Waals surface area contributed by atoms with E-state index in [4.69, 9.17) is 14.6 Å². The first-order valence-corrected chi connectivity index (χ1v) is 7.39. The van der Waals surface area contributed by atoms with Crippen molar-refractivity contribution in [1.29, 1.82) is 0 Å². The van der Waals surface area contributed by atoms with Crippen LogP contribution >= 0.6 is 0 Å². The summed E-state index contributed by atoms with van der Waals surface area (Å²) in [5, 5.41) is 30.8. The molecule has 0 unspecified atom stereocenters. The SMILES string of the molecule is CC(=O)Nc1cc(C(F)(F)F)ccc1O[C@H]1C[C@@H](O)[C@@H](O)[C@@H](CO)O1. The molecule has 1 aliphatic rings. The molecule has 0 aromatic heterocycles. The van der Waals surface area contributed by atoms with Gasteiger partial charge in [-0.05, 0) is 18.2 Å². The minimum absolute atomic E-state index is 0.103. The molecular weight excluding hydrogens is 347 g/mol. The van der Waals surface area contributed by atoms with E-state index in [1.54, 1.807) is 0 Å². The Morgan fingerprint density at radius 3 is 2.64 bits per heavy atom. The Morgan fingerprint density at radius 2 is 2.08 bits per heavy atom. The third kappa shape index (κ3) is 4.82. The molecule has 1 heterocycles. The van der Waals surface area contributed by atoms with Gasteiger partial charge in [-0.2, -0.15) is 13.2 Å². The van der Waals surface area contributed by atoms with Crippen molar-refractivity contribution < 1.29 is 42.8 Å². The number of hydrogen-bond acceptors (Lipinski definition) is 6. The van der Waals surface area contributed by atoms with Gasteiger partial charge in [0.05, 0.1) is 24.0 Å². The van der Waals surface area contributed by atoms with E-state index in [-0.39, 0.29) is 17.9 Å². The van der Waals surface area contributed by atoms with E-state index in [2.05, 4.69) is 5.32 Å². The number of aliphatic hydroxyl groups is 3. The summed E-state index contributed by atoms with van der Waals surface area (Å²) in [4.78, 5) is 11.2. The Morgan fingerprint density at radius 1 is 1.40 bits per heavy atom. The Hall–Kier alpha value is -1.88.